The number of hydrogen-bond acceptors (Lipinski definition) is 4. The number of aromatic hydroxyl groups is 1. The van der Waals surface area contributed by atoms with Gasteiger partial charge in [0.2, 0.25) is 0 Å². The average Bonchev–Trinajstić information content (AvgIpc) is 2.17. The molecule has 6 heteroatoms. The van der Waals surface area contributed by atoms with Gasteiger partial charge in [0, 0.05) is 18.4 Å². The van der Waals surface area contributed by atoms with E-state index >= 15 is 0 Å². The number of phenolic OH excluding ortho intramolecular Hbond substituents is 1. The fourth-order valence-electron chi connectivity index (χ4n) is 1.71. The minimum Gasteiger partial charge on any atom is -0.506 e. The van der Waals surface area contributed by atoms with E-state index in [2.05, 4.69) is 5.32 Å². The molecule has 0 heterocycles. The van der Waals surface area contributed by atoms with Crippen LogP contribution in [-0.4, -0.2) is 26.8 Å². The van der Waals surface area contributed by atoms with E-state index in [9.17, 15) is 13.5 Å². The highest BCUT2D eigenvalue weighted by atomic mass is 35.5. The Morgan fingerprint density at radius 2 is 1.79 bits per heavy atom. The first-order chi connectivity index (χ1) is 8.07. The molecule has 0 fully saturated rings. The summed E-state index contributed by atoms with van der Waals surface area (Å²) in [5.74, 6) is -0.153. The number of halogens is 1. The van der Waals surface area contributed by atoms with E-state index in [0.717, 1.165) is 11.8 Å². The molecule has 1 aromatic rings. The molecular formula is C13H22ClNO3S. The van der Waals surface area contributed by atoms with Gasteiger partial charge in [0.25, 0.3) is 0 Å². The van der Waals surface area contributed by atoms with Crippen LogP contribution in [0.25, 0.3) is 0 Å². The third kappa shape index (κ3) is 4.37. The first-order valence-corrected chi connectivity index (χ1v) is 7.67. The van der Waals surface area contributed by atoms with Crippen LogP contribution in [-0.2, 0) is 21.8 Å². The number of sulfone groups is 1. The summed E-state index contributed by atoms with van der Waals surface area (Å²) in [6.45, 7) is 6.45. The topological polar surface area (TPSA) is 66.4 Å². The normalized spacial score (nSPS) is 12.1. The van der Waals surface area contributed by atoms with Crippen molar-refractivity contribution in [2.24, 2.45) is 0 Å². The Balaban J connectivity index is 0.00000324. The lowest BCUT2D eigenvalue weighted by Crippen LogP contribution is -2.15. The van der Waals surface area contributed by atoms with Gasteiger partial charge in [-0.25, -0.2) is 8.42 Å². The molecule has 0 aromatic heterocycles. The standard InChI is InChI=1S/C13H21NO3S.ClH/c1-13(2,3)10-6-9(8-14-4)12(15)11(7-10)18(5,16)17;/h6-7,14-15H,8H2,1-5H3;1H. The second kappa shape index (κ2) is 6.11. The van der Waals surface area contributed by atoms with Gasteiger partial charge in [-0.15, -0.1) is 12.4 Å². The molecule has 0 amide bonds. The van der Waals surface area contributed by atoms with Crippen LogP contribution in [0, 0.1) is 0 Å². The molecule has 0 spiro atoms. The number of phenols is 1. The van der Waals surface area contributed by atoms with E-state index in [-0.39, 0.29) is 28.5 Å². The van der Waals surface area contributed by atoms with Crippen molar-refractivity contribution >= 4 is 22.2 Å². The first-order valence-electron chi connectivity index (χ1n) is 5.78. The highest BCUT2D eigenvalue weighted by Gasteiger charge is 2.22. The highest BCUT2D eigenvalue weighted by molar-refractivity contribution is 7.90. The van der Waals surface area contributed by atoms with Crippen LogP contribution < -0.4 is 5.32 Å². The van der Waals surface area contributed by atoms with Crippen molar-refractivity contribution in [3.05, 3.63) is 23.3 Å². The summed E-state index contributed by atoms with van der Waals surface area (Å²) in [5, 5.41) is 13.0. The lowest BCUT2D eigenvalue weighted by Gasteiger charge is -2.22. The molecule has 0 saturated carbocycles. The first kappa shape index (κ1) is 18.2. The smallest absolute Gasteiger partial charge is 0.179 e. The van der Waals surface area contributed by atoms with Gasteiger partial charge in [-0.1, -0.05) is 26.8 Å². The van der Waals surface area contributed by atoms with Crippen molar-refractivity contribution in [3.8, 4) is 5.75 Å². The second-order valence-corrected chi connectivity index (χ2v) is 7.52. The van der Waals surface area contributed by atoms with E-state index in [0.29, 0.717) is 12.1 Å². The molecule has 1 rings (SSSR count). The fourth-order valence-corrected chi connectivity index (χ4v) is 2.53. The van der Waals surface area contributed by atoms with Gasteiger partial charge < -0.3 is 10.4 Å². The van der Waals surface area contributed by atoms with Gasteiger partial charge in [-0.2, -0.15) is 0 Å². The fraction of sp³-hybridized carbons (Fsp3) is 0.538. The van der Waals surface area contributed by atoms with E-state index in [1.807, 2.05) is 26.8 Å². The predicted octanol–water partition coefficient (Wildman–Crippen LogP) is 2.23. The van der Waals surface area contributed by atoms with Crippen LogP contribution in [0.3, 0.4) is 0 Å². The van der Waals surface area contributed by atoms with Crippen LogP contribution in [0.15, 0.2) is 17.0 Å². The lowest BCUT2D eigenvalue weighted by atomic mass is 9.86. The maximum atomic E-state index is 11.7. The van der Waals surface area contributed by atoms with Crippen LogP contribution in [0.4, 0.5) is 0 Å². The Labute approximate surface area is 121 Å². The third-order valence-electron chi connectivity index (χ3n) is 2.79. The van der Waals surface area contributed by atoms with Crippen molar-refractivity contribution < 1.29 is 13.5 Å². The van der Waals surface area contributed by atoms with Gasteiger partial charge in [0.15, 0.2) is 9.84 Å². The number of nitrogens with one attached hydrogen (secondary N) is 1. The molecule has 2 N–H and O–H groups in total. The molecule has 4 nitrogen and oxygen atoms in total. The summed E-state index contributed by atoms with van der Waals surface area (Å²) in [6.07, 6.45) is 1.11. The Morgan fingerprint density at radius 3 is 2.16 bits per heavy atom. The zero-order chi connectivity index (χ0) is 14.1. The molecule has 19 heavy (non-hydrogen) atoms. The molecule has 0 aliphatic carbocycles. The summed E-state index contributed by atoms with van der Waals surface area (Å²) in [6, 6.07) is 3.41. The lowest BCUT2D eigenvalue weighted by molar-refractivity contribution is 0.448. The Bertz CT molecular complexity index is 548. The maximum Gasteiger partial charge on any atom is 0.179 e. The van der Waals surface area contributed by atoms with E-state index in [1.54, 1.807) is 13.1 Å². The number of hydrogen-bond donors (Lipinski definition) is 2. The van der Waals surface area contributed by atoms with Gasteiger partial charge in [0.05, 0.1) is 0 Å². The summed E-state index contributed by atoms with van der Waals surface area (Å²) in [4.78, 5) is 0.000162. The molecule has 0 aliphatic rings. The summed E-state index contributed by atoms with van der Waals surface area (Å²) >= 11 is 0. The molecule has 0 aliphatic heterocycles. The maximum absolute atomic E-state index is 11.7. The van der Waals surface area contributed by atoms with Crippen LogP contribution in [0.1, 0.15) is 31.9 Å². The van der Waals surface area contributed by atoms with Crippen molar-refractivity contribution in [3.63, 3.8) is 0 Å². The van der Waals surface area contributed by atoms with Gasteiger partial charge in [-0.3, -0.25) is 0 Å². The quantitative estimate of drug-likeness (QED) is 0.899. The molecule has 0 radical (unpaired) electrons. The van der Waals surface area contributed by atoms with E-state index in [1.165, 1.54) is 0 Å². The number of benzene rings is 1. The zero-order valence-corrected chi connectivity index (χ0v) is 13.6. The van der Waals surface area contributed by atoms with Crippen molar-refractivity contribution in [2.75, 3.05) is 13.3 Å². The minimum absolute atomic E-state index is 0. The summed E-state index contributed by atoms with van der Waals surface area (Å²) in [5.41, 5.74) is 1.33. The van der Waals surface area contributed by atoms with Crippen molar-refractivity contribution in [1.82, 2.24) is 5.32 Å². The predicted molar refractivity (Wildman–Crippen MR) is 79.9 cm³/mol. The van der Waals surface area contributed by atoms with Crippen molar-refractivity contribution in [1.29, 1.82) is 0 Å². The van der Waals surface area contributed by atoms with Crippen LogP contribution >= 0.6 is 12.4 Å². The monoisotopic (exact) mass is 307 g/mol. The molecule has 1 aromatic carbocycles. The molecular weight excluding hydrogens is 286 g/mol. The van der Waals surface area contributed by atoms with E-state index in [4.69, 9.17) is 0 Å². The molecule has 110 valence electrons. The Hall–Kier alpha value is -0.780. The van der Waals surface area contributed by atoms with Gasteiger partial charge >= 0.3 is 0 Å². The van der Waals surface area contributed by atoms with Crippen molar-refractivity contribution in [2.45, 2.75) is 37.6 Å². The Morgan fingerprint density at radius 1 is 1.26 bits per heavy atom. The summed E-state index contributed by atoms with van der Waals surface area (Å²) < 4.78 is 23.4. The molecule has 0 unspecified atom stereocenters. The largest absolute Gasteiger partial charge is 0.506 e. The van der Waals surface area contributed by atoms with E-state index < -0.39 is 9.84 Å². The minimum atomic E-state index is -3.43. The highest BCUT2D eigenvalue weighted by Crippen LogP contribution is 2.33. The van der Waals surface area contributed by atoms with Gasteiger partial charge in [0.1, 0.15) is 10.6 Å². The zero-order valence-electron chi connectivity index (χ0n) is 11.9. The van der Waals surface area contributed by atoms with Gasteiger partial charge in [-0.05, 0) is 24.1 Å². The number of rotatable bonds is 3. The molecule has 0 bridgehead atoms. The van der Waals surface area contributed by atoms with Crippen LogP contribution in [0.5, 0.6) is 5.75 Å². The third-order valence-corrected chi connectivity index (χ3v) is 3.90. The average molecular weight is 308 g/mol. The molecule has 0 saturated heterocycles. The second-order valence-electron chi connectivity index (χ2n) is 5.53. The SMILES string of the molecule is CNCc1cc(C(C)(C)C)cc(S(C)(=O)=O)c1O.Cl. The summed E-state index contributed by atoms with van der Waals surface area (Å²) in [7, 11) is -1.68. The Kier molecular flexibility index (Phi) is 5.86. The molecule has 0 atom stereocenters. The van der Waals surface area contributed by atoms with Crippen LogP contribution in [0.2, 0.25) is 0 Å².